The fraction of sp³-hybridized carbons (Fsp3) is 1.00. The van der Waals surface area contributed by atoms with E-state index in [-0.39, 0.29) is 25.1 Å². The van der Waals surface area contributed by atoms with E-state index in [0.717, 1.165) is 0 Å². The maximum absolute atomic E-state index is 9.49. The van der Waals surface area contributed by atoms with Gasteiger partial charge >= 0.3 is 0 Å². The molecule has 0 spiro atoms. The van der Waals surface area contributed by atoms with Gasteiger partial charge in [-0.15, -0.1) is 0 Å². The average Bonchev–Trinajstić information content (AvgIpc) is 2.30. The Hall–Kier alpha value is -0.160. The van der Waals surface area contributed by atoms with E-state index in [9.17, 15) is 5.11 Å². The summed E-state index contributed by atoms with van der Waals surface area (Å²) in [6.07, 6.45) is -0.886. The predicted octanol–water partition coefficient (Wildman–Crippen LogP) is -0.493. The van der Waals surface area contributed by atoms with Crippen molar-refractivity contribution in [2.75, 3.05) is 13.4 Å². The molecule has 1 N–H and O–H groups in total. The minimum absolute atomic E-state index is 0.0752. The van der Waals surface area contributed by atoms with Crippen LogP contribution in [0, 0.1) is 0 Å². The molecular formula is C7H12O4. The van der Waals surface area contributed by atoms with Gasteiger partial charge in [-0.05, 0) is 6.92 Å². The Kier molecular flexibility index (Phi) is 1.85. The van der Waals surface area contributed by atoms with Crippen molar-refractivity contribution in [1.82, 2.24) is 0 Å². The van der Waals surface area contributed by atoms with E-state index in [0.29, 0.717) is 6.61 Å². The molecule has 2 rings (SSSR count). The van der Waals surface area contributed by atoms with Gasteiger partial charge in [0.25, 0.3) is 0 Å². The van der Waals surface area contributed by atoms with Crippen LogP contribution in [-0.2, 0) is 14.2 Å². The van der Waals surface area contributed by atoms with Crippen molar-refractivity contribution in [3.8, 4) is 0 Å². The molecule has 0 saturated carbocycles. The SMILES string of the molecule is CC1OC2COCO[C@@H]2C1O. The van der Waals surface area contributed by atoms with Gasteiger partial charge < -0.3 is 19.3 Å². The Labute approximate surface area is 65.1 Å². The molecule has 3 unspecified atom stereocenters. The van der Waals surface area contributed by atoms with Crippen LogP contribution < -0.4 is 0 Å². The second-order valence-corrected chi connectivity index (χ2v) is 2.99. The van der Waals surface area contributed by atoms with Gasteiger partial charge in [-0.2, -0.15) is 0 Å². The van der Waals surface area contributed by atoms with Crippen LogP contribution >= 0.6 is 0 Å². The number of aliphatic hydroxyl groups excluding tert-OH is 1. The Morgan fingerprint density at radius 1 is 1.45 bits per heavy atom. The molecule has 4 atom stereocenters. The fourth-order valence-electron chi connectivity index (χ4n) is 1.55. The molecule has 0 radical (unpaired) electrons. The molecule has 2 aliphatic rings. The molecule has 11 heavy (non-hydrogen) atoms. The van der Waals surface area contributed by atoms with Crippen molar-refractivity contribution in [2.45, 2.75) is 31.3 Å². The lowest BCUT2D eigenvalue weighted by Crippen LogP contribution is -2.41. The summed E-state index contributed by atoms with van der Waals surface area (Å²) >= 11 is 0. The zero-order valence-electron chi connectivity index (χ0n) is 6.40. The molecule has 2 aliphatic heterocycles. The summed E-state index contributed by atoms with van der Waals surface area (Å²) in [5.41, 5.74) is 0. The Morgan fingerprint density at radius 2 is 2.27 bits per heavy atom. The predicted molar refractivity (Wildman–Crippen MR) is 36.0 cm³/mol. The molecule has 2 fully saturated rings. The standard InChI is InChI=1S/C7H12O4/c1-4-6(8)7-5(11-4)2-9-3-10-7/h4-8H,2-3H2,1H3/t4?,5?,6?,7-/m0/s1. The number of hydrogen-bond acceptors (Lipinski definition) is 4. The second kappa shape index (κ2) is 2.71. The monoisotopic (exact) mass is 160 g/mol. The van der Waals surface area contributed by atoms with Gasteiger partial charge in [0.05, 0.1) is 12.7 Å². The summed E-state index contributed by atoms with van der Waals surface area (Å²) in [6, 6.07) is 0. The number of fused-ring (bicyclic) bond motifs is 1. The Morgan fingerprint density at radius 3 is 3.00 bits per heavy atom. The summed E-state index contributed by atoms with van der Waals surface area (Å²) in [5.74, 6) is 0. The van der Waals surface area contributed by atoms with E-state index < -0.39 is 6.10 Å². The zero-order valence-corrected chi connectivity index (χ0v) is 6.40. The van der Waals surface area contributed by atoms with Crippen LogP contribution in [0.25, 0.3) is 0 Å². The summed E-state index contributed by atoms with van der Waals surface area (Å²) < 4.78 is 15.6. The van der Waals surface area contributed by atoms with Crippen molar-refractivity contribution in [1.29, 1.82) is 0 Å². The van der Waals surface area contributed by atoms with Gasteiger partial charge in [0.1, 0.15) is 25.1 Å². The first kappa shape index (κ1) is 7.49. The van der Waals surface area contributed by atoms with Crippen LogP contribution in [0.2, 0.25) is 0 Å². The molecule has 4 nitrogen and oxygen atoms in total. The van der Waals surface area contributed by atoms with E-state index in [1.54, 1.807) is 0 Å². The smallest absolute Gasteiger partial charge is 0.147 e. The molecule has 0 amide bonds. The molecule has 0 aromatic heterocycles. The quantitative estimate of drug-likeness (QED) is 0.519. The topological polar surface area (TPSA) is 47.9 Å². The molecule has 2 heterocycles. The van der Waals surface area contributed by atoms with Crippen LogP contribution in [0.3, 0.4) is 0 Å². The van der Waals surface area contributed by atoms with Gasteiger partial charge in [-0.25, -0.2) is 0 Å². The van der Waals surface area contributed by atoms with E-state index >= 15 is 0 Å². The highest BCUT2D eigenvalue weighted by Crippen LogP contribution is 2.26. The lowest BCUT2D eigenvalue weighted by atomic mass is 10.1. The lowest BCUT2D eigenvalue weighted by molar-refractivity contribution is -0.188. The Bertz CT molecular complexity index is 149. The summed E-state index contributed by atoms with van der Waals surface area (Å²) in [5, 5.41) is 9.49. The van der Waals surface area contributed by atoms with Crippen LogP contribution in [0.5, 0.6) is 0 Å². The number of aliphatic hydroxyl groups is 1. The van der Waals surface area contributed by atoms with E-state index in [2.05, 4.69) is 0 Å². The minimum Gasteiger partial charge on any atom is -0.388 e. The molecule has 0 aliphatic carbocycles. The first-order chi connectivity index (χ1) is 5.29. The van der Waals surface area contributed by atoms with E-state index in [1.807, 2.05) is 6.92 Å². The van der Waals surface area contributed by atoms with Crippen molar-refractivity contribution < 1.29 is 19.3 Å². The molecule has 0 aromatic rings. The maximum atomic E-state index is 9.49. The molecule has 4 heteroatoms. The first-order valence-electron chi connectivity index (χ1n) is 3.82. The van der Waals surface area contributed by atoms with Gasteiger partial charge in [0.2, 0.25) is 0 Å². The molecule has 0 aromatic carbocycles. The highest BCUT2D eigenvalue weighted by Gasteiger charge is 2.44. The van der Waals surface area contributed by atoms with Crippen LogP contribution in [0.4, 0.5) is 0 Å². The van der Waals surface area contributed by atoms with Gasteiger partial charge in [-0.1, -0.05) is 0 Å². The maximum Gasteiger partial charge on any atom is 0.147 e. The summed E-state index contributed by atoms with van der Waals surface area (Å²) in [7, 11) is 0. The van der Waals surface area contributed by atoms with Gasteiger partial charge in [0.15, 0.2) is 0 Å². The highest BCUT2D eigenvalue weighted by atomic mass is 16.7. The number of rotatable bonds is 0. The van der Waals surface area contributed by atoms with Gasteiger partial charge in [-0.3, -0.25) is 0 Å². The largest absolute Gasteiger partial charge is 0.388 e. The van der Waals surface area contributed by atoms with Crippen LogP contribution in [0.15, 0.2) is 0 Å². The first-order valence-corrected chi connectivity index (χ1v) is 3.82. The average molecular weight is 160 g/mol. The van der Waals surface area contributed by atoms with Crippen molar-refractivity contribution in [2.24, 2.45) is 0 Å². The molecular weight excluding hydrogens is 148 g/mol. The Balaban J connectivity index is 2.05. The minimum atomic E-state index is -0.496. The molecule has 64 valence electrons. The second-order valence-electron chi connectivity index (χ2n) is 2.99. The van der Waals surface area contributed by atoms with Crippen molar-refractivity contribution in [3.05, 3.63) is 0 Å². The number of hydrogen-bond donors (Lipinski definition) is 1. The van der Waals surface area contributed by atoms with Crippen LogP contribution in [-0.4, -0.2) is 42.9 Å². The van der Waals surface area contributed by atoms with Crippen LogP contribution in [0.1, 0.15) is 6.92 Å². The van der Waals surface area contributed by atoms with Crippen molar-refractivity contribution in [3.63, 3.8) is 0 Å². The lowest BCUT2D eigenvalue weighted by Gasteiger charge is -2.25. The van der Waals surface area contributed by atoms with Crippen molar-refractivity contribution >= 4 is 0 Å². The third-order valence-corrected chi connectivity index (χ3v) is 2.20. The molecule has 0 bridgehead atoms. The normalized spacial score (nSPS) is 50.7. The highest BCUT2D eigenvalue weighted by molar-refractivity contribution is 4.90. The van der Waals surface area contributed by atoms with E-state index in [1.165, 1.54) is 0 Å². The number of ether oxygens (including phenoxy) is 3. The van der Waals surface area contributed by atoms with E-state index in [4.69, 9.17) is 14.2 Å². The van der Waals surface area contributed by atoms with Gasteiger partial charge in [0, 0.05) is 0 Å². The zero-order chi connectivity index (χ0) is 7.84. The third kappa shape index (κ3) is 1.16. The summed E-state index contributed by atoms with van der Waals surface area (Å²) in [4.78, 5) is 0. The molecule has 2 saturated heterocycles. The summed E-state index contributed by atoms with van der Waals surface area (Å²) in [6.45, 7) is 2.65. The third-order valence-electron chi connectivity index (χ3n) is 2.20. The fourth-order valence-corrected chi connectivity index (χ4v) is 1.55.